The number of hydrogen-bond donors (Lipinski definition) is 0. The fraction of sp³-hybridized carbons (Fsp3) is 0.294. The minimum absolute atomic E-state index is 0.0381. The summed E-state index contributed by atoms with van der Waals surface area (Å²) in [5, 5.41) is 9.32. The summed E-state index contributed by atoms with van der Waals surface area (Å²) in [6.07, 6.45) is 0. The molecule has 0 saturated heterocycles. The predicted octanol–water partition coefficient (Wildman–Crippen LogP) is 4.07. The zero-order valence-electron chi connectivity index (χ0n) is 12.1. The maximum atomic E-state index is 4.66. The lowest BCUT2D eigenvalue weighted by Crippen LogP contribution is -2.27. The molecule has 2 aromatic carbocycles. The summed E-state index contributed by atoms with van der Waals surface area (Å²) in [7, 11) is 0. The van der Waals surface area contributed by atoms with Gasteiger partial charge in [-0.15, -0.1) is 0 Å². The molecule has 0 aliphatic rings. The molecule has 3 heteroatoms. The standard InChI is InChI=1S/C17H19N3/c1-17(2,3)16(13-9-5-4-6-10-13)20-18-14-11-7-8-12-15(14)19-20/h4-12,16H,1-3H3. The third-order valence-corrected chi connectivity index (χ3v) is 3.47. The molecule has 0 fully saturated rings. The van der Waals surface area contributed by atoms with Gasteiger partial charge in [-0.25, -0.2) is 0 Å². The number of benzene rings is 2. The number of fused-ring (bicyclic) bond motifs is 1. The van der Waals surface area contributed by atoms with Crippen molar-refractivity contribution >= 4 is 11.0 Å². The first kappa shape index (κ1) is 12.9. The average molecular weight is 265 g/mol. The first-order chi connectivity index (χ1) is 9.55. The number of rotatable bonds is 2. The smallest absolute Gasteiger partial charge is 0.113 e. The first-order valence-electron chi connectivity index (χ1n) is 6.92. The van der Waals surface area contributed by atoms with E-state index in [1.54, 1.807) is 0 Å². The molecule has 20 heavy (non-hydrogen) atoms. The van der Waals surface area contributed by atoms with Crippen LogP contribution < -0.4 is 0 Å². The molecule has 1 aromatic heterocycles. The second-order valence-corrected chi connectivity index (χ2v) is 6.19. The molecule has 0 amide bonds. The monoisotopic (exact) mass is 265 g/mol. The quantitative estimate of drug-likeness (QED) is 0.699. The van der Waals surface area contributed by atoms with Crippen LogP contribution in [0.2, 0.25) is 0 Å². The van der Waals surface area contributed by atoms with Crippen LogP contribution in [0.3, 0.4) is 0 Å². The molecule has 0 N–H and O–H groups in total. The van der Waals surface area contributed by atoms with Gasteiger partial charge in [0.15, 0.2) is 0 Å². The SMILES string of the molecule is CC(C)(C)C(c1ccccc1)n1nc2ccccc2n1. The summed E-state index contributed by atoms with van der Waals surface area (Å²) >= 11 is 0. The molecule has 3 aromatic rings. The summed E-state index contributed by atoms with van der Waals surface area (Å²) in [6, 6.07) is 18.6. The van der Waals surface area contributed by atoms with Gasteiger partial charge in [-0.2, -0.15) is 15.0 Å². The molecule has 0 aliphatic carbocycles. The summed E-state index contributed by atoms with van der Waals surface area (Å²) in [5.41, 5.74) is 3.16. The molecule has 1 atom stereocenters. The van der Waals surface area contributed by atoms with Crippen molar-refractivity contribution in [3.05, 3.63) is 60.2 Å². The third kappa shape index (κ3) is 2.31. The maximum absolute atomic E-state index is 4.66. The molecule has 1 unspecified atom stereocenters. The lowest BCUT2D eigenvalue weighted by Gasteiger charge is -2.30. The van der Waals surface area contributed by atoms with Crippen molar-refractivity contribution in [2.45, 2.75) is 26.8 Å². The summed E-state index contributed by atoms with van der Waals surface area (Å²) in [4.78, 5) is 1.86. The van der Waals surface area contributed by atoms with E-state index in [1.807, 2.05) is 35.1 Å². The van der Waals surface area contributed by atoms with Gasteiger partial charge in [-0.1, -0.05) is 63.2 Å². The fourth-order valence-electron chi connectivity index (χ4n) is 2.61. The van der Waals surface area contributed by atoms with Crippen LogP contribution in [0, 0.1) is 5.41 Å². The molecule has 3 nitrogen and oxygen atoms in total. The van der Waals surface area contributed by atoms with Gasteiger partial charge < -0.3 is 0 Å². The van der Waals surface area contributed by atoms with Crippen molar-refractivity contribution in [1.29, 1.82) is 0 Å². The van der Waals surface area contributed by atoms with E-state index in [-0.39, 0.29) is 11.5 Å². The molecule has 3 rings (SSSR count). The molecule has 0 radical (unpaired) electrons. The van der Waals surface area contributed by atoms with E-state index >= 15 is 0 Å². The lowest BCUT2D eigenvalue weighted by molar-refractivity contribution is 0.246. The Hall–Kier alpha value is -2.16. The molecular formula is C17H19N3. The van der Waals surface area contributed by atoms with Gasteiger partial charge in [0.25, 0.3) is 0 Å². The van der Waals surface area contributed by atoms with Crippen molar-refractivity contribution in [2.24, 2.45) is 5.41 Å². The Morgan fingerprint density at radius 3 is 1.80 bits per heavy atom. The van der Waals surface area contributed by atoms with Gasteiger partial charge in [0.1, 0.15) is 17.1 Å². The van der Waals surface area contributed by atoms with Gasteiger partial charge >= 0.3 is 0 Å². The van der Waals surface area contributed by atoms with Gasteiger partial charge in [0.05, 0.1) is 0 Å². The topological polar surface area (TPSA) is 30.7 Å². The predicted molar refractivity (Wildman–Crippen MR) is 81.6 cm³/mol. The minimum atomic E-state index is 0.0381. The molecule has 0 saturated carbocycles. The zero-order chi connectivity index (χ0) is 14.2. The Morgan fingerprint density at radius 1 is 0.800 bits per heavy atom. The Labute approximate surface area is 119 Å². The molecule has 1 heterocycles. The van der Waals surface area contributed by atoms with E-state index < -0.39 is 0 Å². The largest absolute Gasteiger partial charge is 0.176 e. The van der Waals surface area contributed by atoms with Gasteiger partial charge in [0.2, 0.25) is 0 Å². The van der Waals surface area contributed by atoms with Crippen LogP contribution in [0.5, 0.6) is 0 Å². The number of nitrogens with zero attached hydrogens (tertiary/aromatic N) is 3. The summed E-state index contributed by atoms with van der Waals surface area (Å²) in [6.45, 7) is 6.66. The molecular weight excluding hydrogens is 246 g/mol. The number of hydrogen-bond acceptors (Lipinski definition) is 2. The molecule has 102 valence electrons. The van der Waals surface area contributed by atoms with Crippen molar-refractivity contribution in [3.63, 3.8) is 0 Å². The van der Waals surface area contributed by atoms with Crippen molar-refractivity contribution < 1.29 is 0 Å². The van der Waals surface area contributed by atoms with E-state index in [4.69, 9.17) is 0 Å². The molecule has 0 aliphatic heterocycles. The molecule has 0 spiro atoms. The highest BCUT2D eigenvalue weighted by atomic mass is 15.5. The van der Waals surface area contributed by atoms with Crippen molar-refractivity contribution in [2.75, 3.05) is 0 Å². The van der Waals surface area contributed by atoms with E-state index in [0.29, 0.717) is 0 Å². The van der Waals surface area contributed by atoms with Crippen LogP contribution in [-0.2, 0) is 0 Å². The number of aromatic nitrogens is 3. The highest BCUT2D eigenvalue weighted by molar-refractivity contribution is 5.73. The Kier molecular flexibility index (Phi) is 3.05. The highest BCUT2D eigenvalue weighted by Crippen LogP contribution is 2.35. The van der Waals surface area contributed by atoms with Crippen LogP contribution in [-0.4, -0.2) is 15.0 Å². The van der Waals surface area contributed by atoms with Crippen molar-refractivity contribution in [3.8, 4) is 0 Å². The lowest BCUT2D eigenvalue weighted by atomic mass is 9.83. The zero-order valence-corrected chi connectivity index (χ0v) is 12.1. The second kappa shape index (κ2) is 4.75. The normalized spacial score (nSPS) is 13.6. The minimum Gasteiger partial charge on any atom is -0.176 e. The van der Waals surface area contributed by atoms with E-state index in [1.165, 1.54) is 5.56 Å². The summed E-state index contributed by atoms with van der Waals surface area (Å²) < 4.78 is 0. The fourth-order valence-corrected chi connectivity index (χ4v) is 2.61. The van der Waals surface area contributed by atoms with E-state index in [2.05, 4.69) is 55.2 Å². The molecule has 0 bridgehead atoms. The van der Waals surface area contributed by atoms with E-state index in [0.717, 1.165) is 11.0 Å². The first-order valence-corrected chi connectivity index (χ1v) is 6.92. The van der Waals surface area contributed by atoms with Crippen LogP contribution in [0.25, 0.3) is 11.0 Å². The van der Waals surface area contributed by atoms with Gasteiger partial charge in [0, 0.05) is 0 Å². The van der Waals surface area contributed by atoms with Gasteiger partial charge in [-0.05, 0) is 23.1 Å². The van der Waals surface area contributed by atoms with Crippen LogP contribution in [0.15, 0.2) is 54.6 Å². The third-order valence-electron chi connectivity index (χ3n) is 3.47. The van der Waals surface area contributed by atoms with Crippen LogP contribution in [0.1, 0.15) is 32.4 Å². The Morgan fingerprint density at radius 2 is 1.30 bits per heavy atom. The van der Waals surface area contributed by atoms with Gasteiger partial charge in [-0.3, -0.25) is 0 Å². The van der Waals surface area contributed by atoms with Crippen LogP contribution >= 0.6 is 0 Å². The van der Waals surface area contributed by atoms with Crippen LogP contribution in [0.4, 0.5) is 0 Å². The van der Waals surface area contributed by atoms with Crippen molar-refractivity contribution in [1.82, 2.24) is 15.0 Å². The average Bonchev–Trinajstić information content (AvgIpc) is 2.81. The Bertz CT molecular complexity index is 675. The second-order valence-electron chi connectivity index (χ2n) is 6.19. The van der Waals surface area contributed by atoms with E-state index in [9.17, 15) is 0 Å². The highest BCUT2D eigenvalue weighted by Gasteiger charge is 2.29. The Balaban J connectivity index is 2.15. The maximum Gasteiger partial charge on any atom is 0.113 e. The summed E-state index contributed by atoms with van der Waals surface area (Å²) in [5.74, 6) is 0.